The van der Waals surface area contributed by atoms with Crippen LogP contribution in [0.3, 0.4) is 0 Å². The Labute approximate surface area is 68.5 Å². The highest BCUT2D eigenvalue weighted by atomic mass is 16.1. The van der Waals surface area contributed by atoms with Crippen LogP contribution in [0.2, 0.25) is 0 Å². The van der Waals surface area contributed by atoms with Gasteiger partial charge in [-0.25, -0.2) is 10.2 Å². The molecule has 0 bridgehead atoms. The van der Waals surface area contributed by atoms with E-state index in [1.54, 1.807) is 0 Å². The molecule has 0 amide bonds. The molecular formula is C9H17NO. The predicted octanol–water partition coefficient (Wildman–Crippen LogP) is 2.73. The second-order valence-electron chi connectivity index (χ2n) is 3.34. The Kier molecular flexibility index (Phi) is 5.77. The van der Waals surface area contributed by atoms with Gasteiger partial charge in [-0.3, -0.25) is 0 Å². The van der Waals surface area contributed by atoms with Gasteiger partial charge in [0.1, 0.15) is 0 Å². The Morgan fingerprint density at radius 3 is 1.64 bits per heavy atom. The van der Waals surface area contributed by atoms with Gasteiger partial charge in [0, 0.05) is 0 Å². The quantitative estimate of drug-likeness (QED) is 0.424. The van der Waals surface area contributed by atoms with Gasteiger partial charge in [-0.15, -0.1) is 0 Å². The Morgan fingerprint density at radius 2 is 1.45 bits per heavy atom. The highest BCUT2D eigenvalue weighted by molar-refractivity contribution is 5.26. The van der Waals surface area contributed by atoms with Crippen molar-refractivity contribution in [3.63, 3.8) is 0 Å². The summed E-state index contributed by atoms with van der Waals surface area (Å²) >= 11 is 0. The molecule has 0 radical (unpaired) electrons. The summed E-state index contributed by atoms with van der Waals surface area (Å²) in [7, 11) is 0. The molecule has 0 spiro atoms. The predicted molar refractivity (Wildman–Crippen MR) is 45.2 cm³/mol. The molecule has 1 aliphatic rings. The molecule has 0 aliphatic heterocycles. The molecule has 1 N–H and O–H groups in total. The zero-order chi connectivity index (χ0) is 8.69. The molecule has 1 rings (SSSR count). The van der Waals surface area contributed by atoms with Crippen LogP contribution in [0.4, 0.5) is 0 Å². The van der Waals surface area contributed by atoms with Gasteiger partial charge in [0.25, 0.3) is 0 Å². The summed E-state index contributed by atoms with van der Waals surface area (Å²) in [5.74, 6) is 2.01. The largest absolute Gasteiger partial charge is 0.231 e. The van der Waals surface area contributed by atoms with Crippen LogP contribution in [0, 0.1) is 17.2 Å². The summed E-state index contributed by atoms with van der Waals surface area (Å²) < 4.78 is 0. The van der Waals surface area contributed by atoms with Crippen molar-refractivity contribution in [2.75, 3.05) is 0 Å². The third-order valence-electron chi connectivity index (χ3n) is 2.54. The lowest BCUT2D eigenvalue weighted by Crippen LogP contribution is -2.12. The van der Waals surface area contributed by atoms with Gasteiger partial charge in [0.2, 0.25) is 6.08 Å². The van der Waals surface area contributed by atoms with E-state index < -0.39 is 0 Å². The topological polar surface area (TPSA) is 40.9 Å². The number of hydrogen-bond acceptors (Lipinski definition) is 2. The van der Waals surface area contributed by atoms with Crippen LogP contribution >= 0.6 is 0 Å². The van der Waals surface area contributed by atoms with Crippen LogP contribution in [-0.2, 0) is 4.79 Å². The molecule has 0 aromatic heterocycles. The van der Waals surface area contributed by atoms with Crippen LogP contribution in [0.15, 0.2) is 0 Å². The van der Waals surface area contributed by atoms with E-state index in [0.29, 0.717) is 0 Å². The number of hydrogen-bond donors (Lipinski definition) is 1. The van der Waals surface area contributed by atoms with Gasteiger partial charge >= 0.3 is 0 Å². The van der Waals surface area contributed by atoms with Gasteiger partial charge in [0.05, 0.1) is 0 Å². The molecule has 1 fully saturated rings. The SMILES string of the molecule is CC1CCCCC1C.N=C=O. The first-order valence-electron chi connectivity index (χ1n) is 4.26. The van der Waals surface area contributed by atoms with Crippen molar-refractivity contribution in [3.8, 4) is 0 Å². The van der Waals surface area contributed by atoms with E-state index in [0.717, 1.165) is 17.9 Å². The smallest absolute Gasteiger partial charge is 0.222 e. The standard InChI is InChI=1S/C8H16.CHNO/c1-7-5-3-4-6-8(7)2;2-1-3/h7-8H,3-6H2,1-2H3;2H. The Bertz CT molecular complexity index is 118. The third kappa shape index (κ3) is 4.74. The monoisotopic (exact) mass is 155 g/mol. The van der Waals surface area contributed by atoms with E-state index in [1.807, 2.05) is 0 Å². The fraction of sp³-hybridized carbons (Fsp3) is 0.889. The van der Waals surface area contributed by atoms with E-state index in [2.05, 4.69) is 13.8 Å². The minimum absolute atomic E-state index is 0.750. The number of nitrogens with one attached hydrogen (secondary N) is 1. The van der Waals surface area contributed by atoms with Crippen LogP contribution in [0.25, 0.3) is 0 Å². The van der Waals surface area contributed by atoms with Crippen molar-refractivity contribution >= 4 is 6.08 Å². The second kappa shape index (κ2) is 6.11. The van der Waals surface area contributed by atoms with Gasteiger partial charge in [-0.2, -0.15) is 0 Å². The van der Waals surface area contributed by atoms with Crippen molar-refractivity contribution in [2.24, 2.45) is 11.8 Å². The first-order chi connectivity index (χ1) is 5.22. The minimum atomic E-state index is 0.750. The van der Waals surface area contributed by atoms with E-state index >= 15 is 0 Å². The maximum Gasteiger partial charge on any atom is 0.231 e. The zero-order valence-electron chi connectivity index (χ0n) is 7.39. The molecule has 11 heavy (non-hydrogen) atoms. The Hall–Kier alpha value is -0.620. The second-order valence-corrected chi connectivity index (χ2v) is 3.34. The third-order valence-corrected chi connectivity index (χ3v) is 2.54. The Balaban J connectivity index is 0.000000292. The summed E-state index contributed by atoms with van der Waals surface area (Å²) in [5.41, 5.74) is 0. The van der Waals surface area contributed by atoms with Crippen molar-refractivity contribution in [2.45, 2.75) is 39.5 Å². The van der Waals surface area contributed by atoms with Gasteiger partial charge in [0.15, 0.2) is 0 Å². The number of isocyanates is 1. The Morgan fingerprint density at radius 1 is 1.18 bits per heavy atom. The van der Waals surface area contributed by atoms with Crippen LogP contribution in [0.5, 0.6) is 0 Å². The number of carbonyl (C=O) groups excluding carboxylic acids is 1. The van der Waals surface area contributed by atoms with E-state index in [9.17, 15) is 0 Å². The summed E-state index contributed by atoms with van der Waals surface area (Å²) in [5, 5.41) is 5.40. The first-order valence-corrected chi connectivity index (χ1v) is 4.26. The van der Waals surface area contributed by atoms with Gasteiger partial charge in [-0.05, 0) is 11.8 Å². The summed E-state index contributed by atoms with van der Waals surface area (Å²) in [6.07, 6.45) is 6.65. The lowest BCUT2D eigenvalue weighted by molar-refractivity contribution is 0.277. The highest BCUT2D eigenvalue weighted by Gasteiger charge is 2.15. The number of rotatable bonds is 0. The van der Waals surface area contributed by atoms with Crippen molar-refractivity contribution in [1.29, 1.82) is 5.41 Å². The van der Waals surface area contributed by atoms with Crippen molar-refractivity contribution < 1.29 is 4.79 Å². The normalized spacial score (nSPS) is 29.6. The summed E-state index contributed by atoms with van der Waals surface area (Å²) in [4.78, 5) is 8.35. The van der Waals surface area contributed by atoms with Crippen LogP contribution < -0.4 is 0 Å². The molecule has 0 aromatic rings. The molecule has 2 atom stereocenters. The molecule has 2 unspecified atom stereocenters. The lowest BCUT2D eigenvalue weighted by Gasteiger charge is -2.24. The van der Waals surface area contributed by atoms with E-state index in [-0.39, 0.29) is 0 Å². The molecule has 64 valence electrons. The molecule has 1 saturated carbocycles. The molecule has 1 aliphatic carbocycles. The summed E-state index contributed by atoms with van der Waals surface area (Å²) in [6, 6.07) is 0. The molecular weight excluding hydrogens is 138 g/mol. The van der Waals surface area contributed by atoms with Gasteiger partial charge < -0.3 is 0 Å². The molecule has 0 saturated heterocycles. The van der Waals surface area contributed by atoms with E-state index in [1.165, 1.54) is 25.7 Å². The fourth-order valence-corrected chi connectivity index (χ4v) is 1.50. The average molecular weight is 155 g/mol. The molecule has 2 heteroatoms. The lowest BCUT2D eigenvalue weighted by atomic mass is 9.82. The van der Waals surface area contributed by atoms with Crippen molar-refractivity contribution in [1.82, 2.24) is 0 Å². The zero-order valence-corrected chi connectivity index (χ0v) is 7.39. The van der Waals surface area contributed by atoms with Crippen LogP contribution in [0.1, 0.15) is 39.5 Å². The molecule has 0 heterocycles. The van der Waals surface area contributed by atoms with E-state index in [4.69, 9.17) is 10.2 Å². The first kappa shape index (κ1) is 10.4. The van der Waals surface area contributed by atoms with Gasteiger partial charge in [-0.1, -0.05) is 39.5 Å². The maximum atomic E-state index is 8.35. The minimum Gasteiger partial charge on any atom is -0.222 e. The van der Waals surface area contributed by atoms with Crippen molar-refractivity contribution in [3.05, 3.63) is 0 Å². The molecule has 0 aromatic carbocycles. The summed E-state index contributed by atoms with van der Waals surface area (Å²) in [6.45, 7) is 4.76. The van der Waals surface area contributed by atoms with Crippen LogP contribution in [-0.4, -0.2) is 6.08 Å². The maximum absolute atomic E-state index is 8.35. The highest BCUT2D eigenvalue weighted by Crippen LogP contribution is 2.28. The fourth-order valence-electron chi connectivity index (χ4n) is 1.50. The molecule has 2 nitrogen and oxygen atoms in total. The average Bonchev–Trinajstić information content (AvgIpc) is 1.97.